The number of aliphatic carboxylic acids is 1. The second-order valence-electron chi connectivity index (χ2n) is 6.74. The molecule has 3 aromatic carbocycles. The summed E-state index contributed by atoms with van der Waals surface area (Å²) in [6, 6.07) is 30.9. The minimum atomic E-state index is -2.70. The molecular formula is C22H21O2P. The summed E-state index contributed by atoms with van der Waals surface area (Å²) in [4.78, 5) is 12.5. The summed E-state index contributed by atoms with van der Waals surface area (Å²) in [7, 11) is -2.70. The quantitative estimate of drug-likeness (QED) is 0.718. The van der Waals surface area contributed by atoms with Gasteiger partial charge in [0.1, 0.15) is 0 Å². The zero-order chi connectivity index (χ0) is 17.3. The fraction of sp³-hybridized carbons (Fsp3) is 0.136. The Balaban J connectivity index is 2.12. The predicted molar refractivity (Wildman–Crippen MR) is 106 cm³/mol. The Morgan fingerprint density at radius 3 is 1.24 bits per heavy atom. The molecule has 0 atom stereocenters. The molecular weight excluding hydrogens is 327 g/mol. The van der Waals surface area contributed by atoms with Gasteiger partial charge in [0.05, 0.1) is 0 Å². The molecule has 1 aliphatic rings. The fourth-order valence-corrected chi connectivity index (χ4v) is 10.2. The van der Waals surface area contributed by atoms with E-state index in [0.717, 1.165) is 12.8 Å². The van der Waals surface area contributed by atoms with Gasteiger partial charge in [-0.3, -0.25) is 0 Å². The molecule has 0 heterocycles. The standard InChI is InChI=1S/C22H21O2P/c23-21(24)22(16-17-22)25(18-10-4-1-5-11-18,19-12-6-2-7-13-19)20-14-8-3-9-15-20/h1-15,25H,16-17H2,(H,23,24). The Bertz CT molecular complexity index is 775. The predicted octanol–water partition coefficient (Wildman–Crippen LogP) is 3.33. The van der Waals surface area contributed by atoms with E-state index in [9.17, 15) is 9.90 Å². The first kappa shape index (κ1) is 16.1. The summed E-state index contributed by atoms with van der Waals surface area (Å²) < 4.78 is 0. The van der Waals surface area contributed by atoms with Gasteiger partial charge in [-0.15, -0.1) is 0 Å². The van der Waals surface area contributed by atoms with Crippen molar-refractivity contribution in [3.05, 3.63) is 91.0 Å². The van der Waals surface area contributed by atoms with Crippen molar-refractivity contribution in [1.82, 2.24) is 0 Å². The summed E-state index contributed by atoms with van der Waals surface area (Å²) in [5.74, 6) is -0.657. The fourth-order valence-electron chi connectivity index (χ4n) is 4.27. The second kappa shape index (κ2) is 6.13. The van der Waals surface area contributed by atoms with Crippen molar-refractivity contribution in [1.29, 1.82) is 0 Å². The van der Waals surface area contributed by atoms with Crippen LogP contribution in [0.3, 0.4) is 0 Å². The molecule has 0 bridgehead atoms. The topological polar surface area (TPSA) is 37.3 Å². The molecule has 0 aliphatic heterocycles. The summed E-state index contributed by atoms with van der Waals surface area (Å²) in [6.45, 7) is 0. The molecule has 4 rings (SSSR count). The molecule has 1 fully saturated rings. The normalized spacial score (nSPS) is 16.2. The van der Waals surface area contributed by atoms with E-state index in [-0.39, 0.29) is 0 Å². The molecule has 3 heteroatoms. The molecule has 0 saturated heterocycles. The molecule has 126 valence electrons. The Hall–Kier alpha value is -2.44. The van der Waals surface area contributed by atoms with Gasteiger partial charge in [0.2, 0.25) is 0 Å². The van der Waals surface area contributed by atoms with Gasteiger partial charge in [0.15, 0.2) is 0 Å². The van der Waals surface area contributed by atoms with Gasteiger partial charge in [0.25, 0.3) is 0 Å². The van der Waals surface area contributed by atoms with Crippen LogP contribution in [-0.4, -0.2) is 16.2 Å². The van der Waals surface area contributed by atoms with Crippen LogP contribution in [0.15, 0.2) is 91.0 Å². The summed E-state index contributed by atoms with van der Waals surface area (Å²) in [5, 5.41) is 13.1. The molecule has 0 amide bonds. The zero-order valence-corrected chi connectivity index (χ0v) is 14.9. The number of hydrogen-bond acceptors (Lipinski definition) is 1. The molecule has 0 aromatic heterocycles. The number of hydrogen-bond donors (Lipinski definition) is 1. The van der Waals surface area contributed by atoms with Crippen molar-refractivity contribution in [3.63, 3.8) is 0 Å². The number of carboxylic acid groups (broad SMARTS) is 1. The Morgan fingerprint density at radius 2 is 1.00 bits per heavy atom. The molecule has 0 spiro atoms. The van der Waals surface area contributed by atoms with Crippen molar-refractivity contribution in [2.75, 3.05) is 0 Å². The van der Waals surface area contributed by atoms with Crippen LogP contribution in [-0.2, 0) is 4.79 Å². The van der Waals surface area contributed by atoms with E-state index in [4.69, 9.17) is 0 Å². The van der Waals surface area contributed by atoms with Gasteiger partial charge in [0, 0.05) is 0 Å². The number of carboxylic acids is 1. The SMILES string of the molecule is O=C(O)C1([PH](c2ccccc2)(c2ccccc2)c2ccccc2)CC1. The van der Waals surface area contributed by atoms with Crippen molar-refractivity contribution < 1.29 is 9.90 Å². The molecule has 2 nitrogen and oxygen atoms in total. The first-order valence-corrected chi connectivity index (χ1v) is 10.6. The first-order valence-electron chi connectivity index (χ1n) is 8.62. The van der Waals surface area contributed by atoms with Crippen LogP contribution in [0.4, 0.5) is 0 Å². The van der Waals surface area contributed by atoms with Crippen LogP contribution in [0.5, 0.6) is 0 Å². The third-order valence-electron chi connectivity index (χ3n) is 5.50. The summed E-state index contributed by atoms with van der Waals surface area (Å²) in [6.07, 6.45) is 1.49. The van der Waals surface area contributed by atoms with Crippen LogP contribution in [0.2, 0.25) is 0 Å². The molecule has 1 N–H and O–H groups in total. The Kier molecular flexibility index (Phi) is 3.94. The molecule has 25 heavy (non-hydrogen) atoms. The van der Waals surface area contributed by atoms with E-state index in [0.29, 0.717) is 0 Å². The zero-order valence-electron chi connectivity index (χ0n) is 13.9. The average molecular weight is 348 g/mol. The number of rotatable bonds is 5. The van der Waals surface area contributed by atoms with E-state index in [1.54, 1.807) is 0 Å². The van der Waals surface area contributed by atoms with Crippen LogP contribution >= 0.6 is 7.26 Å². The van der Waals surface area contributed by atoms with E-state index in [2.05, 4.69) is 36.4 Å². The van der Waals surface area contributed by atoms with Crippen molar-refractivity contribution in [3.8, 4) is 0 Å². The molecule has 3 aromatic rings. The Morgan fingerprint density at radius 1 is 0.680 bits per heavy atom. The van der Waals surface area contributed by atoms with Gasteiger partial charge in [-0.25, -0.2) is 0 Å². The number of benzene rings is 3. The monoisotopic (exact) mass is 348 g/mol. The van der Waals surface area contributed by atoms with E-state index in [1.165, 1.54) is 15.9 Å². The van der Waals surface area contributed by atoms with Crippen LogP contribution < -0.4 is 15.9 Å². The van der Waals surface area contributed by atoms with Crippen molar-refractivity contribution >= 4 is 29.1 Å². The second-order valence-corrected chi connectivity index (χ2v) is 10.9. The van der Waals surface area contributed by atoms with E-state index >= 15 is 0 Å². The molecule has 0 unspecified atom stereocenters. The van der Waals surface area contributed by atoms with Gasteiger partial charge in [-0.1, -0.05) is 0 Å². The third kappa shape index (κ3) is 2.33. The van der Waals surface area contributed by atoms with E-state index < -0.39 is 18.4 Å². The molecule has 0 radical (unpaired) electrons. The van der Waals surface area contributed by atoms with Crippen molar-refractivity contribution in [2.24, 2.45) is 0 Å². The maximum atomic E-state index is 12.5. The minimum absolute atomic E-state index is 0.657. The summed E-state index contributed by atoms with van der Waals surface area (Å²) >= 11 is 0. The number of carbonyl (C=O) groups is 1. The average Bonchev–Trinajstić information content (AvgIpc) is 3.48. The first-order chi connectivity index (χ1) is 12.2. The van der Waals surface area contributed by atoms with Crippen LogP contribution in [0.25, 0.3) is 0 Å². The molecule has 1 aliphatic carbocycles. The van der Waals surface area contributed by atoms with Crippen LogP contribution in [0, 0.1) is 0 Å². The van der Waals surface area contributed by atoms with Gasteiger partial charge in [-0.05, 0) is 0 Å². The maximum absolute atomic E-state index is 12.5. The van der Waals surface area contributed by atoms with Gasteiger partial charge < -0.3 is 0 Å². The third-order valence-corrected chi connectivity index (χ3v) is 11.2. The van der Waals surface area contributed by atoms with E-state index in [1.807, 2.05) is 54.6 Å². The molecule has 1 saturated carbocycles. The van der Waals surface area contributed by atoms with Gasteiger partial charge >= 0.3 is 148 Å². The van der Waals surface area contributed by atoms with Crippen molar-refractivity contribution in [2.45, 2.75) is 18.0 Å². The van der Waals surface area contributed by atoms with Crippen LogP contribution in [0.1, 0.15) is 12.8 Å². The summed E-state index contributed by atoms with van der Waals surface area (Å²) in [5.41, 5.74) is 0. The Labute approximate surface area is 148 Å². The van der Waals surface area contributed by atoms with Gasteiger partial charge in [-0.2, -0.15) is 0 Å².